The van der Waals surface area contributed by atoms with Crippen LogP contribution >= 0.6 is 0 Å². The molecular formula is C58H35NO2. The van der Waals surface area contributed by atoms with E-state index in [1.807, 2.05) is 24.3 Å². The number of para-hydroxylation sites is 2. The van der Waals surface area contributed by atoms with Gasteiger partial charge in [0.1, 0.15) is 22.3 Å². The Balaban J connectivity index is 0.983. The van der Waals surface area contributed by atoms with Gasteiger partial charge >= 0.3 is 0 Å². The van der Waals surface area contributed by atoms with E-state index < -0.39 is 0 Å². The molecule has 0 unspecified atom stereocenters. The molecule has 0 amide bonds. The van der Waals surface area contributed by atoms with E-state index in [1.165, 1.54) is 54.9 Å². The van der Waals surface area contributed by atoms with Crippen LogP contribution in [-0.4, -0.2) is 4.57 Å². The average molecular weight is 778 g/mol. The van der Waals surface area contributed by atoms with E-state index in [1.54, 1.807) is 0 Å². The van der Waals surface area contributed by atoms with E-state index in [0.717, 1.165) is 71.7 Å². The number of hydrogen-bond donors (Lipinski definition) is 0. The summed E-state index contributed by atoms with van der Waals surface area (Å²) in [5.74, 6) is 0. The molecule has 0 fully saturated rings. The van der Waals surface area contributed by atoms with Gasteiger partial charge in [0.25, 0.3) is 0 Å². The van der Waals surface area contributed by atoms with Crippen molar-refractivity contribution < 1.29 is 8.83 Å². The molecule has 0 aliphatic heterocycles. The molecule has 0 aliphatic carbocycles. The van der Waals surface area contributed by atoms with Crippen LogP contribution in [0.2, 0.25) is 0 Å². The Labute approximate surface area is 350 Å². The van der Waals surface area contributed by atoms with Crippen LogP contribution in [0.4, 0.5) is 0 Å². The molecule has 284 valence electrons. The highest BCUT2D eigenvalue weighted by Gasteiger charge is 2.21. The summed E-state index contributed by atoms with van der Waals surface area (Å²) in [6.45, 7) is 0. The van der Waals surface area contributed by atoms with Gasteiger partial charge in [-0.3, -0.25) is 0 Å². The largest absolute Gasteiger partial charge is 0.456 e. The highest BCUT2D eigenvalue weighted by Crippen LogP contribution is 2.45. The van der Waals surface area contributed by atoms with Gasteiger partial charge < -0.3 is 13.4 Å². The SMILES string of the molecule is c1ccc2cc(-c3ccc(-c4ccc(-n5c6cccc(-c7ccc8oc9ccccc9c8c7)c6c6c(-c7ccc8oc9ccccc9c8c7)cccc65)cc4)cc3)ccc2c1. The van der Waals surface area contributed by atoms with E-state index in [4.69, 9.17) is 8.83 Å². The maximum absolute atomic E-state index is 6.27. The van der Waals surface area contributed by atoms with E-state index in [9.17, 15) is 0 Å². The Kier molecular flexibility index (Phi) is 7.31. The fourth-order valence-corrected chi connectivity index (χ4v) is 9.68. The van der Waals surface area contributed by atoms with E-state index in [2.05, 4.69) is 193 Å². The number of hydrogen-bond acceptors (Lipinski definition) is 2. The normalized spacial score (nSPS) is 11.9. The number of nitrogens with zero attached hydrogens (tertiary/aromatic N) is 1. The standard InChI is InChI=1S/C58H35NO2/c1-2-10-40-33-41(24-23-36(40)9-1)39-21-19-37(20-22-39)38-25-29-44(30-26-38)59-51-15-7-13-45(42-27-31-55-49(34-42)47-11-3-5-17-53(47)60-55)57(51)58-46(14-8-16-52(58)59)43-28-32-56-50(35-43)48-12-4-6-18-54(48)61-56/h1-35H. The first-order valence-electron chi connectivity index (χ1n) is 20.8. The molecule has 3 heteroatoms. The van der Waals surface area contributed by atoms with Crippen molar-refractivity contribution in [2.75, 3.05) is 0 Å². The first-order valence-corrected chi connectivity index (χ1v) is 20.8. The summed E-state index contributed by atoms with van der Waals surface area (Å²) in [5.41, 5.74) is 16.5. The summed E-state index contributed by atoms with van der Waals surface area (Å²) in [4.78, 5) is 0. The lowest BCUT2D eigenvalue weighted by atomic mass is 9.93. The minimum atomic E-state index is 0.893. The molecule has 0 saturated carbocycles. The summed E-state index contributed by atoms with van der Waals surface area (Å²) in [6.07, 6.45) is 0. The van der Waals surface area contributed by atoms with Gasteiger partial charge in [0.05, 0.1) is 11.0 Å². The summed E-state index contributed by atoms with van der Waals surface area (Å²) in [7, 11) is 0. The first-order chi connectivity index (χ1) is 30.2. The summed E-state index contributed by atoms with van der Waals surface area (Å²) >= 11 is 0. The second-order valence-corrected chi connectivity index (χ2v) is 16.0. The molecule has 13 rings (SSSR count). The van der Waals surface area contributed by atoms with Crippen LogP contribution in [-0.2, 0) is 0 Å². The summed E-state index contributed by atoms with van der Waals surface area (Å²) < 4.78 is 15.0. The lowest BCUT2D eigenvalue weighted by molar-refractivity contribution is 0.668. The maximum atomic E-state index is 6.27. The number of aromatic nitrogens is 1. The van der Waals surface area contributed by atoms with Crippen LogP contribution in [0.3, 0.4) is 0 Å². The molecule has 10 aromatic carbocycles. The first kappa shape index (κ1) is 33.8. The Morgan fingerprint density at radius 2 is 0.721 bits per heavy atom. The van der Waals surface area contributed by atoms with Gasteiger partial charge in [0, 0.05) is 38.0 Å². The van der Waals surface area contributed by atoms with Gasteiger partial charge in [-0.2, -0.15) is 0 Å². The van der Waals surface area contributed by atoms with Crippen LogP contribution in [0.15, 0.2) is 221 Å². The fraction of sp³-hybridized carbons (Fsp3) is 0. The quantitative estimate of drug-likeness (QED) is 0.174. The molecule has 3 heterocycles. The van der Waals surface area contributed by atoms with Crippen molar-refractivity contribution in [1.82, 2.24) is 4.57 Å². The molecule has 0 atom stereocenters. The summed E-state index contributed by atoms with van der Waals surface area (Å²) in [5, 5.41) is 9.42. The van der Waals surface area contributed by atoms with Crippen molar-refractivity contribution in [1.29, 1.82) is 0 Å². The van der Waals surface area contributed by atoms with Crippen molar-refractivity contribution in [2.45, 2.75) is 0 Å². The van der Waals surface area contributed by atoms with Gasteiger partial charge in [0.2, 0.25) is 0 Å². The number of benzene rings is 10. The Morgan fingerprint density at radius 3 is 1.30 bits per heavy atom. The number of furan rings is 2. The molecule has 61 heavy (non-hydrogen) atoms. The van der Waals surface area contributed by atoms with Crippen molar-refractivity contribution >= 4 is 76.5 Å². The molecule has 0 bridgehead atoms. The predicted molar refractivity (Wildman–Crippen MR) is 255 cm³/mol. The van der Waals surface area contributed by atoms with Gasteiger partial charge in [-0.1, -0.05) is 146 Å². The predicted octanol–water partition coefficient (Wildman–Crippen LogP) is 16.4. The highest BCUT2D eigenvalue weighted by atomic mass is 16.3. The molecule has 0 saturated heterocycles. The number of fused-ring (bicyclic) bond motifs is 10. The lowest BCUT2D eigenvalue weighted by Gasteiger charge is -2.11. The van der Waals surface area contributed by atoms with Crippen LogP contribution in [0, 0.1) is 0 Å². The highest BCUT2D eigenvalue weighted by molar-refractivity contribution is 6.22. The maximum Gasteiger partial charge on any atom is 0.135 e. The van der Waals surface area contributed by atoms with Crippen LogP contribution in [0.5, 0.6) is 0 Å². The zero-order chi connectivity index (χ0) is 40.0. The molecule has 3 aromatic heterocycles. The third kappa shape index (κ3) is 5.31. The summed E-state index contributed by atoms with van der Waals surface area (Å²) in [6, 6.07) is 76.5. The van der Waals surface area contributed by atoms with E-state index >= 15 is 0 Å². The van der Waals surface area contributed by atoms with E-state index in [0.29, 0.717) is 0 Å². The molecule has 0 N–H and O–H groups in total. The molecule has 13 aromatic rings. The third-order valence-corrected chi connectivity index (χ3v) is 12.6. The second-order valence-electron chi connectivity index (χ2n) is 16.0. The van der Waals surface area contributed by atoms with E-state index in [-0.39, 0.29) is 0 Å². The van der Waals surface area contributed by atoms with Gasteiger partial charge in [0.15, 0.2) is 0 Å². The van der Waals surface area contributed by atoms with Crippen LogP contribution in [0.25, 0.3) is 127 Å². The average Bonchev–Trinajstić information content (AvgIpc) is 4.01. The van der Waals surface area contributed by atoms with Gasteiger partial charge in [-0.15, -0.1) is 0 Å². The van der Waals surface area contributed by atoms with Crippen molar-refractivity contribution in [3.8, 4) is 50.2 Å². The van der Waals surface area contributed by atoms with Crippen molar-refractivity contribution in [3.63, 3.8) is 0 Å². The van der Waals surface area contributed by atoms with Gasteiger partial charge in [-0.25, -0.2) is 0 Å². The zero-order valence-electron chi connectivity index (χ0n) is 33.0. The minimum absolute atomic E-state index is 0.893. The minimum Gasteiger partial charge on any atom is -0.456 e. The zero-order valence-corrected chi connectivity index (χ0v) is 33.0. The Bertz CT molecular complexity index is 3690. The molecule has 3 nitrogen and oxygen atoms in total. The van der Waals surface area contributed by atoms with Crippen LogP contribution < -0.4 is 0 Å². The fourth-order valence-electron chi connectivity index (χ4n) is 9.68. The Hall–Kier alpha value is -8.14. The van der Waals surface area contributed by atoms with Crippen LogP contribution in [0.1, 0.15) is 0 Å². The molecule has 0 spiro atoms. The van der Waals surface area contributed by atoms with Crippen molar-refractivity contribution in [2.24, 2.45) is 0 Å². The molecule has 0 radical (unpaired) electrons. The molecular weight excluding hydrogens is 743 g/mol. The number of rotatable bonds is 5. The topological polar surface area (TPSA) is 31.2 Å². The second kappa shape index (κ2) is 13.2. The third-order valence-electron chi connectivity index (χ3n) is 12.6. The monoisotopic (exact) mass is 777 g/mol. The van der Waals surface area contributed by atoms with Gasteiger partial charge in [-0.05, 0) is 122 Å². The smallest absolute Gasteiger partial charge is 0.135 e. The van der Waals surface area contributed by atoms with Crippen molar-refractivity contribution in [3.05, 3.63) is 212 Å². The molecule has 0 aliphatic rings. The Morgan fingerprint density at radius 1 is 0.279 bits per heavy atom. The lowest BCUT2D eigenvalue weighted by Crippen LogP contribution is -1.94.